The maximum atomic E-state index is 12.6. The number of carbonyl (C=O) groups excluding carboxylic acids is 1. The van der Waals surface area contributed by atoms with Crippen LogP contribution in [0.25, 0.3) is 10.9 Å². The van der Waals surface area contributed by atoms with Gasteiger partial charge in [0.05, 0.1) is 11.7 Å². The van der Waals surface area contributed by atoms with E-state index in [-0.39, 0.29) is 24.5 Å². The van der Waals surface area contributed by atoms with Crippen LogP contribution in [0.2, 0.25) is 0 Å². The predicted octanol–water partition coefficient (Wildman–Crippen LogP) is 4.21. The molecule has 1 heterocycles. The van der Waals surface area contributed by atoms with E-state index in [1.165, 1.54) is 0 Å². The van der Waals surface area contributed by atoms with Crippen molar-refractivity contribution in [3.8, 4) is 0 Å². The molecule has 1 atom stereocenters. The molecule has 0 aliphatic rings. The number of rotatable bonds is 8. The van der Waals surface area contributed by atoms with Crippen LogP contribution < -0.4 is 10.6 Å². The van der Waals surface area contributed by atoms with Crippen LogP contribution in [0, 0.1) is 0 Å². The van der Waals surface area contributed by atoms with E-state index >= 15 is 0 Å². The molecule has 0 aliphatic carbocycles. The van der Waals surface area contributed by atoms with Crippen molar-refractivity contribution in [2.75, 3.05) is 5.32 Å². The number of hydrogen-bond donors (Lipinski definition) is 3. The molecule has 0 spiro atoms. The Bertz CT molecular complexity index is 982. The minimum atomic E-state index is -0.877. The summed E-state index contributed by atoms with van der Waals surface area (Å²) < 4.78 is 1.91. The summed E-state index contributed by atoms with van der Waals surface area (Å²) in [5.41, 5.74) is 2.66. The second-order valence-electron chi connectivity index (χ2n) is 7.37. The summed E-state index contributed by atoms with van der Waals surface area (Å²) in [5, 5.41) is 20.2. The van der Waals surface area contributed by atoms with Gasteiger partial charge in [0.2, 0.25) is 0 Å². The first-order valence-electron chi connectivity index (χ1n) is 9.73. The van der Waals surface area contributed by atoms with E-state index in [0.717, 1.165) is 16.5 Å². The van der Waals surface area contributed by atoms with Crippen molar-refractivity contribution in [1.29, 1.82) is 0 Å². The molecule has 7 nitrogen and oxygen atoms in total. The number of aromatic nitrogens is 2. The maximum Gasteiger partial charge on any atom is 0.319 e. The third kappa shape index (κ3) is 5.57. The number of nitrogens with zero attached hydrogens (tertiary/aromatic N) is 2. The zero-order chi connectivity index (χ0) is 20.8. The molecule has 2 amide bonds. The zero-order valence-electron chi connectivity index (χ0n) is 16.6. The molecule has 7 heteroatoms. The van der Waals surface area contributed by atoms with Crippen LogP contribution in [-0.2, 0) is 11.2 Å². The SMILES string of the molecule is CC(C)n1ncc2ccc(NC(=O)NC(CCC(=O)O)Cc3ccccc3)cc21. The quantitative estimate of drug-likeness (QED) is 0.533. The topological polar surface area (TPSA) is 96.3 Å². The molecule has 152 valence electrons. The van der Waals surface area contributed by atoms with Crippen LogP contribution in [-0.4, -0.2) is 32.9 Å². The number of benzene rings is 2. The highest BCUT2D eigenvalue weighted by Crippen LogP contribution is 2.21. The molecule has 2 aromatic carbocycles. The Morgan fingerprint density at radius 3 is 2.59 bits per heavy atom. The summed E-state index contributed by atoms with van der Waals surface area (Å²) in [4.78, 5) is 23.5. The maximum absolute atomic E-state index is 12.6. The Labute approximate surface area is 169 Å². The lowest BCUT2D eigenvalue weighted by Crippen LogP contribution is -2.39. The highest BCUT2D eigenvalue weighted by atomic mass is 16.4. The van der Waals surface area contributed by atoms with E-state index in [1.54, 1.807) is 6.20 Å². The molecule has 3 rings (SSSR count). The lowest BCUT2D eigenvalue weighted by molar-refractivity contribution is -0.137. The van der Waals surface area contributed by atoms with Gasteiger partial charge in [-0.3, -0.25) is 9.48 Å². The van der Waals surface area contributed by atoms with Crippen LogP contribution in [0.3, 0.4) is 0 Å². The molecular weight excluding hydrogens is 368 g/mol. The Hall–Kier alpha value is -3.35. The average molecular weight is 394 g/mol. The van der Waals surface area contributed by atoms with E-state index in [2.05, 4.69) is 29.6 Å². The summed E-state index contributed by atoms with van der Waals surface area (Å²) in [6.07, 6.45) is 2.73. The van der Waals surface area contributed by atoms with Gasteiger partial charge in [-0.25, -0.2) is 4.79 Å². The third-order valence-electron chi connectivity index (χ3n) is 4.71. The van der Waals surface area contributed by atoms with E-state index in [4.69, 9.17) is 5.11 Å². The molecule has 29 heavy (non-hydrogen) atoms. The molecule has 0 aliphatic heterocycles. The third-order valence-corrected chi connectivity index (χ3v) is 4.71. The van der Waals surface area contributed by atoms with Crippen LogP contribution in [0.5, 0.6) is 0 Å². The first kappa shape index (κ1) is 20.4. The van der Waals surface area contributed by atoms with Gasteiger partial charge in [0.15, 0.2) is 0 Å². The Morgan fingerprint density at radius 1 is 1.14 bits per heavy atom. The standard InChI is InChI=1S/C22H26N4O3/c1-15(2)26-20-13-19(9-8-17(20)14-23-26)25-22(29)24-18(10-11-21(27)28)12-16-6-4-3-5-7-16/h3-9,13-15,18H,10-12H2,1-2H3,(H,27,28)(H2,24,25,29). The first-order chi connectivity index (χ1) is 13.9. The molecule has 0 fully saturated rings. The second kappa shape index (κ2) is 9.23. The van der Waals surface area contributed by atoms with Crippen LogP contribution >= 0.6 is 0 Å². The molecule has 3 N–H and O–H groups in total. The summed E-state index contributed by atoms with van der Waals surface area (Å²) in [6, 6.07) is 14.9. The van der Waals surface area contributed by atoms with Gasteiger partial charge < -0.3 is 15.7 Å². The van der Waals surface area contributed by atoms with Crippen molar-refractivity contribution in [3.05, 3.63) is 60.3 Å². The predicted molar refractivity (Wildman–Crippen MR) is 113 cm³/mol. The zero-order valence-corrected chi connectivity index (χ0v) is 16.6. The fraction of sp³-hybridized carbons (Fsp3) is 0.318. The smallest absolute Gasteiger partial charge is 0.319 e. The van der Waals surface area contributed by atoms with E-state index in [9.17, 15) is 9.59 Å². The molecule has 0 radical (unpaired) electrons. The number of carbonyl (C=O) groups is 2. The Balaban J connectivity index is 1.69. The van der Waals surface area contributed by atoms with E-state index < -0.39 is 5.97 Å². The summed E-state index contributed by atoms with van der Waals surface area (Å²) in [5.74, 6) is -0.877. The van der Waals surface area contributed by atoms with Crippen molar-refractivity contribution >= 4 is 28.6 Å². The minimum absolute atomic E-state index is 0.00267. The highest BCUT2D eigenvalue weighted by molar-refractivity contribution is 5.92. The summed E-state index contributed by atoms with van der Waals surface area (Å²) >= 11 is 0. The van der Waals surface area contributed by atoms with Gasteiger partial charge in [-0.2, -0.15) is 5.10 Å². The van der Waals surface area contributed by atoms with Crippen molar-refractivity contribution in [1.82, 2.24) is 15.1 Å². The van der Waals surface area contributed by atoms with Crippen molar-refractivity contribution in [2.24, 2.45) is 0 Å². The molecular formula is C22H26N4O3. The fourth-order valence-electron chi connectivity index (χ4n) is 3.30. The van der Waals surface area contributed by atoms with Gasteiger partial charge in [0.25, 0.3) is 0 Å². The van der Waals surface area contributed by atoms with Gasteiger partial charge >= 0.3 is 12.0 Å². The summed E-state index contributed by atoms with van der Waals surface area (Å²) in [6.45, 7) is 4.10. The van der Waals surface area contributed by atoms with Crippen molar-refractivity contribution in [2.45, 2.75) is 45.2 Å². The molecule has 1 aromatic heterocycles. The monoisotopic (exact) mass is 394 g/mol. The highest BCUT2D eigenvalue weighted by Gasteiger charge is 2.15. The number of fused-ring (bicyclic) bond motifs is 1. The molecule has 1 unspecified atom stereocenters. The molecule has 0 bridgehead atoms. The number of nitrogens with one attached hydrogen (secondary N) is 2. The van der Waals surface area contributed by atoms with Crippen LogP contribution in [0.15, 0.2) is 54.7 Å². The Morgan fingerprint density at radius 2 is 1.90 bits per heavy atom. The number of amides is 2. The van der Waals surface area contributed by atoms with Gasteiger partial charge in [-0.15, -0.1) is 0 Å². The molecule has 0 saturated heterocycles. The molecule has 3 aromatic rings. The van der Waals surface area contributed by atoms with E-state index in [0.29, 0.717) is 18.5 Å². The first-order valence-corrected chi connectivity index (χ1v) is 9.73. The number of carboxylic acids is 1. The van der Waals surface area contributed by atoms with Crippen molar-refractivity contribution < 1.29 is 14.7 Å². The van der Waals surface area contributed by atoms with Crippen LogP contribution in [0.1, 0.15) is 38.3 Å². The van der Waals surface area contributed by atoms with Gasteiger partial charge in [0, 0.05) is 29.6 Å². The average Bonchev–Trinajstić information content (AvgIpc) is 3.10. The number of aliphatic carboxylic acids is 1. The van der Waals surface area contributed by atoms with Gasteiger partial charge in [0.1, 0.15) is 0 Å². The largest absolute Gasteiger partial charge is 0.481 e. The lowest BCUT2D eigenvalue weighted by Gasteiger charge is -2.19. The van der Waals surface area contributed by atoms with Gasteiger partial charge in [-0.1, -0.05) is 30.3 Å². The fourth-order valence-corrected chi connectivity index (χ4v) is 3.30. The number of hydrogen-bond acceptors (Lipinski definition) is 3. The van der Waals surface area contributed by atoms with Gasteiger partial charge in [-0.05, 0) is 50.5 Å². The number of urea groups is 1. The normalized spacial score (nSPS) is 12.1. The Kier molecular flexibility index (Phi) is 6.49. The lowest BCUT2D eigenvalue weighted by atomic mass is 10.0. The van der Waals surface area contributed by atoms with E-state index in [1.807, 2.05) is 53.2 Å². The second-order valence-corrected chi connectivity index (χ2v) is 7.37. The number of carboxylic acid groups (broad SMARTS) is 1. The minimum Gasteiger partial charge on any atom is -0.481 e. The summed E-state index contributed by atoms with van der Waals surface area (Å²) in [7, 11) is 0. The molecule has 0 saturated carbocycles. The number of anilines is 1. The van der Waals surface area contributed by atoms with Crippen LogP contribution in [0.4, 0.5) is 10.5 Å². The van der Waals surface area contributed by atoms with Crippen molar-refractivity contribution in [3.63, 3.8) is 0 Å².